The van der Waals surface area contributed by atoms with Crippen LogP contribution in [0.4, 0.5) is 5.69 Å². The van der Waals surface area contributed by atoms with Gasteiger partial charge in [0.05, 0.1) is 11.5 Å². The summed E-state index contributed by atoms with van der Waals surface area (Å²) in [6.45, 7) is 1.37. The summed E-state index contributed by atoms with van der Waals surface area (Å²) in [5.41, 5.74) is 2.01. The van der Waals surface area contributed by atoms with Gasteiger partial charge < -0.3 is 15.5 Å². The molecule has 0 bridgehead atoms. The molecule has 2 aliphatic heterocycles. The Bertz CT molecular complexity index is 774. The van der Waals surface area contributed by atoms with Crippen molar-refractivity contribution in [2.24, 2.45) is 4.99 Å². The molecule has 2 fully saturated rings. The Balaban J connectivity index is 1.53. The second-order valence-corrected chi connectivity index (χ2v) is 9.07. The normalized spacial score (nSPS) is 23.1. The summed E-state index contributed by atoms with van der Waals surface area (Å²) in [5, 5.41) is 6.38. The van der Waals surface area contributed by atoms with Crippen LogP contribution in [0, 0.1) is 0 Å². The Kier molecular flexibility index (Phi) is 5.80. The van der Waals surface area contributed by atoms with Crippen LogP contribution >= 0.6 is 0 Å². The molecule has 1 unspecified atom stereocenters. The largest absolute Gasteiger partial charge is 0.353 e. The number of hydrogen-bond acceptors (Lipinski definition) is 4. The van der Waals surface area contributed by atoms with Gasteiger partial charge in [0, 0.05) is 38.3 Å². The van der Waals surface area contributed by atoms with E-state index in [1.807, 2.05) is 29.2 Å². The molecule has 1 amide bonds. The lowest BCUT2D eigenvalue weighted by atomic mass is 10.1. The molecule has 26 heavy (non-hydrogen) atoms. The lowest BCUT2D eigenvalue weighted by Crippen LogP contribution is -2.43. The number of carbonyl (C=O) groups excluding carboxylic acids is 1. The molecule has 2 heterocycles. The maximum atomic E-state index is 12.0. The molecule has 2 aliphatic rings. The Morgan fingerprint density at radius 2 is 2.04 bits per heavy atom. The van der Waals surface area contributed by atoms with E-state index in [1.165, 1.54) is 0 Å². The predicted molar refractivity (Wildman–Crippen MR) is 103 cm³/mol. The van der Waals surface area contributed by atoms with E-state index < -0.39 is 9.84 Å². The van der Waals surface area contributed by atoms with Crippen LogP contribution in [-0.2, 0) is 21.2 Å². The van der Waals surface area contributed by atoms with Crippen molar-refractivity contribution in [2.45, 2.75) is 38.3 Å². The standard InChI is InChI=1S/C18H26N4O3S/c1-19-18(21-15-9-11-26(24,25)13-15)20-12-14-5-7-16(8-6-14)22-10-3-2-4-17(22)23/h5-8,15H,2-4,9-13H2,1H3,(H2,19,20,21). The molecule has 3 rings (SSSR count). The molecule has 2 saturated heterocycles. The van der Waals surface area contributed by atoms with Gasteiger partial charge in [0.1, 0.15) is 0 Å². The molecule has 7 nitrogen and oxygen atoms in total. The van der Waals surface area contributed by atoms with E-state index >= 15 is 0 Å². The molecule has 2 N–H and O–H groups in total. The number of hydrogen-bond donors (Lipinski definition) is 2. The predicted octanol–water partition coefficient (Wildman–Crippen LogP) is 1.06. The highest BCUT2D eigenvalue weighted by Crippen LogP contribution is 2.21. The molecule has 0 spiro atoms. The van der Waals surface area contributed by atoms with E-state index in [1.54, 1.807) is 7.05 Å². The number of piperidine rings is 1. The number of aliphatic imine (C=N–C) groups is 1. The molecule has 0 radical (unpaired) electrons. The monoisotopic (exact) mass is 378 g/mol. The fraction of sp³-hybridized carbons (Fsp3) is 0.556. The molecule has 142 valence electrons. The van der Waals surface area contributed by atoms with Gasteiger partial charge in [-0.2, -0.15) is 0 Å². The van der Waals surface area contributed by atoms with Gasteiger partial charge in [-0.1, -0.05) is 12.1 Å². The summed E-state index contributed by atoms with van der Waals surface area (Å²) in [6, 6.07) is 7.85. The van der Waals surface area contributed by atoms with Crippen LogP contribution in [0.5, 0.6) is 0 Å². The highest BCUT2D eigenvalue weighted by atomic mass is 32.2. The molecule has 0 aromatic heterocycles. The summed E-state index contributed by atoms with van der Waals surface area (Å²) < 4.78 is 23.1. The topological polar surface area (TPSA) is 90.9 Å². The first-order valence-electron chi connectivity index (χ1n) is 9.04. The van der Waals surface area contributed by atoms with Crippen LogP contribution in [0.25, 0.3) is 0 Å². The average molecular weight is 378 g/mol. The minimum absolute atomic E-state index is 0.0845. The zero-order chi connectivity index (χ0) is 18.6. The molecule has 1 aromatic carbocycles. The molecular formula is C18H26N4O3S. The number of guanidine groups is 1. The summed E-state index contributed by atoms with van der Waals surface area (Å²) >= 11 is 0. The van der Waals surface area contributed by atoms with Gasteiger partial charge in [0.2, 0.25) is 5.91 Å². The van der Waals surface area contributed by atoms with E-state index in [2.05, 4.69) is 15.6 Å². The maximum absolute atomic E-state index is 12.0. The molecule has 0 saturated carbocycles. The summed E-state index contributed by atoms with van der Waals surface area (Å²) in [5.74, 6) is 1.19. The van der Waals surface area contributed by atoms with E-state index in [0.29, 0.717) is 25.3 Å². The quantitative estimate of drug-likeness (QED) is 0.604. The van der Waals surface area contributed by atoms with Crippen LogP contribution in [-0.4, -0.2) is 51.4 Å². The molecule has 1 aromatic rings. The van der Waals surface area contributed by atoms with Crippen LogP contribution in [0.15, 0.2) is 29.3 Å². The number of carbonyl (C=O) groups is 1. The molecule has 1 atom stereocenters. The Labute approximate surface area is 154 Å². The van der Waals surface area contributed by atoms with Crippen molar-refractivity contribution in [1.29, 1.82) is 0 Å². The first-order valence-corrected chi connectivity index (χ1v) is 10.9. The molecular weight excluding hydrogens is 352 g/mol. The van der Waals surface area contributed by atoms with Gasteiger partial charge >= 0.3 is 0 Å². The fourth-order valence-corrected chi connectivity index (χ4v) is 5.03. The number of anilines is 1. The SMILES string of the molecule is CN=C(NCc1ccc(N2CCCCC2=O)cc1)NC1CCS(=O)(=O)C1. The fourth-order valence-electron chi connectivity index (χ4n) is 3.36. The smallest absolute Gasteiger partial charge is 0.226 e. The highest BCUT2D eigenvalue weighted by molar-refractivity contribution is 7.91. The third-order valence-electron chi connectivity index (χ3n) is 4.83. The van der Waals surface area contributed by atoms with Crippen molar-refractivity contribution in [3.63, 3.8) is 0 Å². The van der Waals surface area contributed by atoms with Gasteiger partial charge in [-0.05, 0) is 37.0 Å². The van der Waals surface area contributed by atoms with Gasteiger partial charge in [-0.25, -0.2) is 8.42 Å². The summed E-state index contributed by atoms with van der Waals surface area (Å²) in [7, 11) is -1.24. The zero-order valence-electron chi connectivity index (χ0n) is 15.1. The first kappa shape index (κ1) is 18.7. The number of nitrogens with zero attached hydrogens (tertiary/aromatic N) is 2. The van der Waals surface area contributed by atoms with E-state index in [9.17, 15) is 13.2 Å². The summed E-state index contributed by atoms with van der Waals surface area (Å²) in [4.78, 5) is 18.0. The van der Waals surface area contributed by atoms with Gasteiger partial charge in [-0.3, -0.25) is 9.79 Å². The van der Waals surface area contributed by atoms with Crippen LogP contribution < -0.4 is 15.5 Å². The average Bonchev–Trinajstić information content (AvgIpc) is 2.98. The number of nitrogens with one attached hydrogen (secondary N) is 2. The number of benzene rings is 1. The number of sulfone groups is 1. The van der Waals surface area contributed by atoms with Crippen molar-refractivity contribution >= 4 is 27.4 Å². The lowest BCUT2D eigenvalue weighted by Gasteiger charge is -2.27. The third kappa shape index (κ3) is 4.75. The zero-order valence-corrected chi connectivity index (χ0v) is 15.9. The number of amides is 1. The Hall–Kier alpha value is -2.09. The minimum Gasteiger partial charge on any atom is -0.353 e. The van der Waals surface area contributed by atoms with Gasteiger partial charge in [0.25, 0.3) is 0 Å². The van der Waals surface area contributed by atoms with E-state index in [-0.39, 0.29) is 23.5 Å². The van der Waals surface area contributed by atoms with Crippen molar-refractivity contribution in [3.8, 4) is 0 Å². The number of rotatable bonds is 4. The molecule has 8 heteroatoms. The first-order chi connectivity index (χ1) is 12.5. The summed E-state index contributed by atoms with van der Waals surface area (Å²) in [6.07, 6.45) is 3.27. The van der Waals surface area contributed by atoms with Crippen LogP contribution in [0.2, 0.25) is 0 Å². The molecule has 0 aliphatic carbocycles. The maximum Gasteiger partial charge on any atom is 0.226 e. The van der Waals surface area contributed by atoms with E-state index in [0.717, 1.165) is 30.6 Å². The second-order valence-electron chi connectivity index (χ2n) is 6.84. The Morgan fingerprint density at radius 1 is 1.27 bits per heavy atom. The van der Waals surface area contributed by atoms with Crippen molar-refractivity contribution in [3.05, 3.63) is 29.8 Å². The van der Waals surface area contributed by atoms with Crippen molar-refractivity contribution < 1.29 is 13.2 Å². The third-order valence-corrected chi connectivity index (χ3v) is 6.60. The second kappa shape index (κ2) is 8.07. The highest BCUT2D eigenvalue weighted by Gasteiger charge is 2.28. The minimum atomic E-state index is -2.91. The van der Waals surface area contributed by atoms with Crippen molar-refractivity contribution in [2.75, 3.05) is 30.0 Å². The van der Waals surface area contributed by atoms with E-state index in [4.69, 9.17) is 0 Å². The lowest BCUT2D eigenvalue weighted by molar-refractivity contribution is -0.119. The van der Waals surface area contributed by atoms with Gasteiger partial charge in [-0.15, -0.1) is 0 Å². The van der Waals surface area contributed by atoms with Crippen molar-refractivity contribution in [1.82, 2.24) is 10.6 Å². The van der Waals surface area contributed by atoms with Gasteiger partial charge in [0.15, 0.2) is 15.8 Å². The van der Waals surface area contributed by atoms with Crippen LogP contribution in [0.3, 0.4) is 0 Å². The Morgan fingerprint density at radius 3 is 2.65 bits per heavy atom. The van der Waals surface area contributed by atoms with Crippen LogP contribution in [0.1, 0.15) is 31.2 Å².